The molecule has 0 aromatic carbocycles. The third kappa shape index (κ3) is 30.3. The summed E-state index contributed by atoms with van der Waals surface area (Å²) >= 11 is 0. The summed E-state index contributed by atoms with van der Waals surface area (Å²) < 4.78 is 22.8. The third-order valence-electron chi connectivity index (χ3n) is 14.6. The van der Waals surface area contributed by atoms with Crippen LogP contribution in [0.3, 0.4) is 0 Å². The number of hydrogen-bond acceptors (Lipinski definition) is 13. The van der Waals surface area contributed by atoms with Crippen molar-refractivity contribution in [3.63, 3.8) is 0 Å². The Labute approximate surface area is 437 Å². The maximum atomic E-state index is 13.2. The molecular weight excluding hydrogens is 919 g/mol. The summed E-state index contributed by atoms with van der Waals surface area (Å²) in [6.45, 7) is 2.81. The van der Waals surface area contributed by atoms with Gasteiger partial charge in [-0.15, -0.1) is 0 Å². The van der Waals surface area contributed by atoms with E-state index in [9.17, 15) is 45.6 Å². The number of amides is 1. The van der Waals surface area contributed by atoms with Crippen molar-refractivity contribution >= 4 is 5.91 Å². The first-order valence-corrected chi connectivity index (χ1v) is 29.6. The van der Waals surface area contributed by atoms with Gasteiger partial charge in [-0.2, -0.15) is 0 Å². The summed E-state index contributed by atoms with van der Waals surface area (Å²) in [4.78, 5) is 13.2. The first-order valence-electron chi connectivity index (χ1n) is 29.6. The van der Waals surface area contributed by atoms with Crippen LogP contribution in [0.5, 0.6) is 0 Å². The van der Waals surface area contributed by atoms with Gasteiger partial charge in [0.1, 0.15) is 48.8 Å². The number of aliphatic hydroxyl groups is 8. The monoisotopic (exact) mass is 1030 g/mol. The number of hydrogen-bond donors (Lipinski definition) is 9. The van der Waals surface area contributed by atoms with E-state index in [4.69, 9.17) is 18.9 Å². The third-order valence-corrected chi connectivity index (χ3v) is 14.6. The summed E-state index contributed by atoms with van der Waals surface area (Å²) in [6, 6.07) is -0.915. The van der Waals surface area contributed by atoms with Crippen molar-refractivity contribution in [3.05, 3.63) is 24.3 Å². The van der Waals surface area contributed by atoms with Crippen LogP contribution >= 0.6 is 0 Å². The zero-order chi connectivity index (χ0) is 52.4. The fourth-order valence-corrected chi connectivity index (χ4v) is 9.82. The van der Waals surface area contributed by atoms with Crippen LogP contribution in [0, 0.1) is 0 Å². The fraction of sp³-hybridized carbons (Fsp3) is 0.914. The van der Waals surface area contributed by atoms with E-state index in [-0.39, 0.29) is 18.9 Å². The van der Waals surface area contributed by atoms with E-state index >= 15 is 0 Å². The lowest BCUT2D eigenvalue weighted by molar-refractivity contribution is -0.359. The smallest absolute Gasteiger partial charge is 0.220 e. The Morgan fingerprint density at radius 1 is 0.486 bits per heavy atom. The SMILES string of the molecule is CCCCCCCCC/C=C\CCCCCCCCCC(=O)NC(COC1OC(CO)C(OC2OC(CO)C(O)C(O)C2O)C(O)C1O)C(O)/C=C/CCCCCCCCCCCCCCCCCCCC. The molecule has 2 aliphatic rings. The number of ether oxygens (including phenoxy) is 4. The van der Waals surface area contributed by atoms with Gasteiger partial charge >= 0.3 is 0 Å². The minimum Gasteiger partial charge on any atom is -0.394 e. The van der Waals surface area contributed by atoms with Crippen LogP contribution < -0.4 is 5.32 Å². The molecule has 2 aliphatic heterocycles. The van der Waals surface area contributed by atoms with Gasteiger partial charge in [-0.3, -0.25) is 4.79 Å². The average Bonchev–Trinajstić information content (AvgIpc) is 3.38. The lowest BCUT2D eigenvalue weighted by atomic mass is 9.97. The highest BCUT2D eigenvalue weighted by Gasteiger charge is 2.51. The Hall–Kier alpha value is -1.53. The molecule has 14 heteroatoms. The summed E-state index contributed by atoms with van der Waals surface area (Å²) in [5.41, 5.74) is 0. The van der Waals surface area contributed by atoms with Gasteiger partial charge < -0.3 is 65.1 Å². The van der Waals surface area contributed by atoms with E-state index in [1.165, 1.54) is 173 Å². The zero-order valence-electron chi connectivity index (χ0n) is 45.4. The highest BCUT2D eigenvalue weighted by Crippen LogP contribution is 2.30. The largest absolute Gasteiger partial charge is 0.394 e. The van der Waals surface area contributed by atoms with E-state index in [0.717, 1.165) is 44.9 Å². The van der Waals surface area contributed by atoms with Gasteiger partial charge in [-0.25, -0.2) is 0 Å². The van der Waals surface area contributed by atoms with Crippen molar-refractivity contribution in [1.29, 1.82) is 0 Å². The minimum atomic E-state index is -1.79. The van der Waals surface area contributed by atoms with Crippen molar-refractivity contribution in [1.82, 2.24) is 5.32 Å². The molecule has 0 aromatic rings. The van der Waals surface area contributed by atoms with Crippen LogP contribution in [0.15, 0.2) is 24.3 Å². The quantitative estimate of drug-likeness (QED) is 0.0205. The summed E-state index contributed by atoms with van der Waals surface area (Å²) in [5.74, 6) is -0.241. The van der Waals surface area contributed by atoms with Crippen molar-refractivity contribution < 1.29 is 64.6 Å². The molecule has 2 rings (SSSR count). The topological polar surface area (TPSA) is 228 Å². The number of carbonyl (C=O) groups is 1. The summed E-state index contributed by atoms with van der Waals surface area (Å²) in [7, 11) is 0. The van der Waals surface area contributed by atoms with Gasteiger partial charge in [0.15, 0.2) is 12.6 Å². The minimum absolute atomic E-state index is 0.241. The molecule has 2 heterocycles. The molecule has 2 fully saturated rings. The number of carbonyl (C=O) groups excluding carboxylic acids is 1. The molecule has 0 spiro atoms. The van der Waals surface area contributed by atoms with Crippen LogP contribution in [0.4, 0.5) is 0 Å². The molecule has 72 heavy (non-hydrogen) atoms. The first kappa shape index (κ1) is 66.6. The first-order chi connectivity index (χ1) is 35.1. The number of rotatable bonds is 47. The second kappa shape index (κ2) is 44.6. The molecular formula is C58H109NO13. The Morgan fingerprint density at radius 3 is 1.32 bits per heavy atom. The second-order valence-electron chi connectivity index (χ2n) is 21.1. The predicted octanol–water partition coefficient (Wildman–Crippen LogP) is 9.67. The molecule has 2 saturated heterocycles. The summed E-state index contributed by atoms with van der Waals surface area (Å²) in [5, 5.41) is 87.1. The van der Waals surface area contributed by atoms with Crippen LogP contribution in [-0.4, -0.2) is 140 Å². The van der Waals surface area contributed by atoms with Crippen molar-refractivity contribution in [3.8, 4) is 0 Å². The van der Waals surface area contributed by atoms with Crippen LogP contribution in [-0.2, 0) is 23.7 Å². The zero-order valence-corrected chi connectivity index (χ0v) is 45.4. The number of unbranched alkanes of at least 4 members (excludes halogenated alkanes) is 32. The molecule has 424 valence electrons. The van der Waals surface area contributed by atoms with E-state index < -0.39 is 86.8 Å². The Kier molecular flexibility index (Phi) is 41.2. The van der Waals surface area contributed by atoms with E-state index in [0.29, 0.717) is 6.42 Å². The second-order valence-corrected chi connectivity index (χ2v) is 21.1. The molecule has 0 radical (unpaired) electrons. The lowest BCUT2D eigenvalue weighted by Gasteiger charge is -2.46. The van der Waals surface area contributed by atoms with Crippen LogP contribution in [0.25, 0.3) is 0 Å². The van der Waals surface area contributed by atoms with Crippen molar-refractivity contribution in [2.75, 3.05) is 19.8 Å². The molecule has 14 nitrogen and oxygen atoms in total. The molecule has 0 saturated carbocycles. The predicted molar refractivity (Wildman–Crippen MR) is 286 cm³/mol. The van der Waals surface area contributed by atoms with Gasteiger partial charge in [0.05, 0.1) is 32.0 Å². The number of allylic oxidation sites excluding steroid dienone is 3. The molecule has 1 amide bonds. The Balaban J connectivity index is 1.78. The lowest BCUT2D eigenvalue weighted by Crippen LogP contribution is -2.65. The van der Waals surface area contributed by atoms with E-state index in [1.54, 1.807) is 6.08 Å². The molecule has 12 unspecified atom stereocenters. The van der Waals surface area contributed by atoms with Gasteiger partial charge in [-0.1, -0.05) is 218 Å². The number of nitrogens with one attached hydrogen (secondary N) is 1. The van der Waals surface area contributed by atoms with E-state index in [2.05, 4.69) is 31.3 Å². The van der Waals surface area contributed by atoms with E-state index in [1.807, 2.05) is 6.08 Å². The van der Waals surface area contributed by atoms with Crippen molar-refractivity contribution in [2.24, 2.45) is 0 Å². The molecule has 0 aliphatic carbocycles. The van der Waals surface area contributed by atoms with Gasteiger partial charge in [-0.05, 0) is 44.9 Å². The standard InChI is InChI=1S/C58H109NO13/c1-3-5-7-9-11-13-15-17-19-21-23-24-25-27-29-31-33-35-37-39-41-47(62)46(59-50(63)42-40-38-36-34-32-30-28-26-22-20-18-16-14-12-10-8-6-4-2)45-69-57-55(68)53(66)56(49(44-61)71-57)72-58-54(67)52(65)51(64)48(43-60)70-58/h20,22,39,41,46-49,51-58,60-62,64-68H,3-19,21,23-38,40,42-45H2,1-2H3,(H,59,63)/b22-20-,41-39+. The Morgan fingerprint density at radius 2 is 0.875 bits per heavy atom. The number of aliphatic hydroxyl groups excluding tert-OH is 8. The van der Waals surface area contributed by atoms with Crippen LogP contribution in [0.1, 0.15) is 245 Å². The van der Waals surface area contributed by atoms with Crippen molar-refractivity contribution in [2.45, 2.75) is 319 Å². The van der Waals surface area contributed by atoms with Gasteiger partial charge in [0.25, 0.3) is 0 Å². The highest BCUT2D eigenvalue weighted by atomic mass is 16.7. The molecule has 0 bridgehead atoms. The molecule has 0 aromatic heterocycles. The Bertz CT molecular complexity index is 1300. The fourth-order valence-electron chi connectivity index (χ4n) is 9.82. The average molecular weight is 1030 g/mol. The van der Waals surface area contributed by atoms with Gasteiger partial charge in [0.2, 0.25) is 5.91 Å². The molecule has 9 N–H and O–H groups in total. The van der Waals surface area contributed by atoms with Gasteiger partial charge in [0, 0.05) is 6.42 Å². The molecule has 12 atom stereocenters. The normalized spacial score (nSPS) is 25.7. The summed E-state index contributed by atoms with van der Waals surface area (Å²) in [6.07, 6.45) is 34.9. The maximum Gasteiger partial charge on any atom is 0.220 e. The maximum absolute atomic E-state index is 13.2. The highest BCUT2D eigenvalue weighted by molar-refractivity contribution is 5.76. The van der Waals surface area contributed by atoms with Crippen LogP contribution in [0.2, 0.25) is 0 Å².